The van der Waals surface area contributed by atoms with E-state index in [0.29, 0.717) is 5.56 Å². The Bertz CT molecular complexity index is 976. The summed E-state index contributed by atoms with van der Waals surface area (Å²) >= 11 is 0. The molecule has 10 nitrogen and oxygen atoms in total. The predicted molar refractivity (Wildman–Crippen MR) is 146 cm³/mol. The number of hydrogen-bond acceptors (Lipinski definition) is 9. The number of carboxylic acids is 1. The van der Waals surface area contributed by atoms with Crippen LogP contribution in [-0.2, 0) is 30.3 Å². The number of esters is 2. The number of nitrogens with one attached hydrogen (secondary N) is 1. The van der Waals surface area contributed by atoms with Crippen molar-refractivity contribution in [2.75, 3.05) is 13.2 Å². The minimum atomic E-state index is -1.11. The maximum atomic E-state index is 12.6. The molecule has 0 saturated heterocycles. The van der Waals surface area contributed by atoms with E-state index in [0.717, 1.165) is 12.8 Å². The lowest BCUT2D eigenvalue weighted by atomic mass is 9.92. The van der Waals surface area contributed by atoms with Crippen LogP contribution in [0.5, 0.6) is 11.5 Å². The molecular formula is C29H45NO9. The molecule has 0 saturated carbocycles. The zero-order chi connectivity index (χ0) is 29.8. The first-order valence-corrected chi connectivity index (χ1v) is 13.3. The molecule has 0 aromatic heterocycles. The highest BCUT2D eigenvalue weighted by atomic mass is 16.7. The molecule has 1 unspecified atom stereocenters. The van der Waals surface area contributed by atoms with E-state index in [9.17, 15) is 24.3 Å². The van der Waals surface area contributed by atoms with E-state index in [-0.39, 0.29) is 54.7 Å². The van der Waals surface area contributed by atoms with Crippen molar-refractivity contribution in [3.05, 3.63) is 23.8 Å². The third-order valence-corrected chi connectivity index (χ3v) is 5.21. The summed E-state index contributed by atoms with van der Waals surface area (Å²) in [5.74, 6) is -1.97. The summed E-state index contributed by atoms with van der Waals surface area (Å²) in [4.78, 5) is 48.7. The molecule has 0 amide bonds. The lowest BCUT2D eigenvalue weighted by molar-refractivity contribution is -0.139. The number of unbranched alkanes of at least 4 members (excludes halogenated alkanes) is 1. The van der Waals surface area contributed by atoms with Crippen LogP contribution < -0.4 is 14.8 Å². The zero-order valence-electron chi connectivity index (χ0n) is 24.5. The van der Waals surface area contributed by atoms with E-state index >= 15 is 0 Å². The molecule has 0 radical (unpaired) electrons. The highest BCUT2D eigenvalue weighted by Gasteiger charge is 2.24. The summed E-state index contributed by atoms with van der Waals surface area (Å²) in [5.41, 5.74) is -0.0816. The van der Waals surface area contributed by atoms with E-state index in [2.05, 4.69) is 5.32 Å². The summed E-state index contributed by atoms with van der Waals surface area (Å²) in [6.07, 6.45) is 0.491. The molecule has 0 bridgehead atoms. The van der Waals surface area contributed by atoms with Gasteiger partial charge >= 0.3 is 24.1 Å². The van der Waals surface area contributed by atoms with Crippen LogP contribution in [0.3, 0.4) is 0 Å². The Hall–Kier alpha value is -3.14. The molecule has 1 aromatic carbocycles. The molecule has 39 heavy (non-hydrogen) atoms. The summed E-state index contributed by atoms with van der Waals surface area (Å²) in [6.45, 7) is 15.3. The SMILES string of the molecule is CCCCOC(=O)OC(C)CN[C@@H](Cc1ccc(OC(=O)CC(C)(C)C)c(OC(=O)CC(C)(C)C)c1)C(=O)O. The van der Waals surface area contributed by atoms with Gasteiger partial charge < -0.3 is 29.4 Å². The van der Waals surface area contributed by atoms with E-state index in [4.69, 9.17) is 18.9 Å². The lowest BCUT2D eigenvalue weighted by Crippen LogP contribution is -2.42. The lowest BCUT2D eigenvalue weighted by Gasteiger charge is -2.20. The van der Waals surface area contributed by atoms with E-state index < -0.39 is 36.2 Å². The average Bonchev–Trinajstić information content (AvgIpc) is 2.75. The predicted octanol–water partition coefficient (Wildman–Crippen LogP) is 5.30. The van der Waals surface area contributed by atoms with Gasteiger partial charge in [-0.3, -0.25) is 14.4 Å². The van der Waals surface area contributed by atoms with Gasteiger partial charge in [-0.15, -0.1) is 0 Å². The first-order chi connectivity index (χ1) is 18.0. The first-order valence-electron chi connectivity index (χ1n) is 13.3. The number of carbonyl (C=O) groups is 4. The summed E-state index contributed by atoms with van der Waals surface area (Å²) in [6, 6.07) is 3.58. The van der Waals surface area contributed by atoms with Crippen molar-refractivity contribution >= 4 is 24.1 Å². The van der Waals surface area contributed by atoms with E-state index in [1.165, 1.54) is 12.1 Å². The minimum absolute atomic E-state index is 0.0308. The van der Waals surface area contributed by atoms with Crippen LogP contribution in [0, 0.1) is 10.8 Å². The second-order valence-corrected chi connectivity index (χ2v) is 12.1. The van der Waals surface area contributed by atoms with Gasteiger partial charge in [0.2, 0.25) is 0 Å². The van der Waals surface area contributed by atoms with Gasteiger partial charge in [0, 0.05) is 6.54 Å². The molecule has 0 aliphatic heterocycles. The molecular weight excluding hydrogens is 506 g/mol. The number of hydrogen-bond donors (Lipinski definition) is 2. The second kappa shape index (κ2) is 15.5. The standard InChI is InChI=1S/C29H45NO9/c1-9-10-13-36-27(35)37-19(2)18-30-21(26(33)34)14-20-11-12-22(38-24(31)16-28(3,4)5)23(15-20)39-25(32)17-29(6,7)8/h11-12,15,19,21,30H,9-10,13-14,16-18H2,1-8H3,(H,33,34)/t19?,21-/m0/s1. The third kappa shape index (κ3) is 15.1. The molecule has 2 atom stereocenters. The summed E-state index contributed by atoms with van der Waals surface area (Å²) in [7, 11) is 0. The fourth-order valence-electron chi connectivity index (χ4n) is 3.36. The second-order valence-electron chi connectivity index (χ2n) is 12.1. The molecule has 220 valence electrons. The van der Waals surface area contributed by atoms with Gasteiger partial charge in [-0.2, -0.15) is 0 Å². The van der Waals surface area contributed by atoms with Gasteiger partial charge in [0.15, 0.2) is 11.5 Å². The van der Waals surface area contributed by atoms with Crippen molar-refractivity contribution in [2.24, 2.45) is 10.8 Å². The number of carbonyl (C=O) groups excluding carboxylic acids is 3. The van der Waals surface area contributed by atoms with Crippen LogP contribution in [0.4, 0.5) is 4.79 Å². The van der Waals surface area contributed by atoms with Crippen LogP contribution in [0.15, 0.2) is 18.2 Å². The summed E-state index contributed by atoms with van der Waals surface area (Å²) < 4.78 is 21.2. The first kappa shape index (κ1) is 33.9. The molecule has 1 rings (SSSR count). The van der Waals surface area contributed by atoms with Crippen LogP contribution in [0.25, 0.3) is 0 Å². The Morgan fingerprint density at radius 3 is 2.00 bits per heavy atom. The topological polar surface area (TPSA) is 137 Å². The fourth-order valence-corrected chi connectivity index (χ4v) is 3.36. The quantitative estimate of drug-likeness (QED) is 0.178. The Kier molecular flexibility index (Phi) is 13.4. The van der Waals surface area contributed by atoms with E-state index in [1.54, 1.807) is 13.0 Å². The molecule has 0 heterocycles. The third-order valence-electron chi connectivity index (χ3n) is 5.21. The molecule has 0 aliphatic carbocycles. The van der Waals surface area contributed by atoms with Crippen LogP contribution >= 0.6 is 0 Å². The largest absolute Gasteiger partial charge is 0.508 e. The number of carboxylic acid groups (broad SMARTS) is 1. The molecule has 10 heteroatoms. The maximum Gasteiger partial charge on any atom is 0.508 e. The van der Waals surface area contributed by atoms with Crippen molar-refractivity contribution in [2.45, 2.75) is 99.6 Å². The van der Waals surface area contributed by atoms with Gasteiger partial charge in [0.1, 0.15) is 12.1 Å². The average molecular weight is 552 g/mol. The molecule has 1 aromatic rings. The minimum Gasteiger partial charge on any atom is -0.480 e. The number of rotatable bonds is 14. The Labute approximate surface area is 231 Å². The van der Waals surface area contributed by atoms with E-state index in [1.807, 2.05) is 48.5 Å². The Morgan fingerprint density at radius 1 is 0.923 bits per heavy atom. The Morgan fingerprint density at radius 2 is 1.49 bits per heavy atom. The monoisotopic (exact) mass is 551 g/mol. The van der Waals surface area contributed by atoms with Crippen molar-refractivity contribution in [1.82, 2.24) is 5.32 Å². The van der Waals surface area contributed by atoms with Crippen LogP contribution in [-0.4, -0.2) is 54.5 Å². The summed E-state index contributed by atoms with van der Waals surface area (Å²) in [5, 5.41) is 12.6. The van der Waals surface area contributed by atoms with Crippen LogP contribution in [0.1, 0.15) is 86.6 Å². The number of ether oxygens (including phenoxy) is 4. The highest BCUT2D eigenvalue weighted by Crippen LogP contribution is 2.32. The van der Waals surface area contributed by atoms with Gasteiger partial charge in [-0.05, 0) is 48.3 Å². The van der Waals surface area contributed by atoms with Crippen molar-refractivity contribution < 1.29 is 43.2 Å². The zero-order valence-corrected chi connectivity index (χ0v) is 24.5. The van der Waals surface area contributed by atoms with Gasteiger partial charge in [-0.1, -0.05) is 61.0 Å². The molecule has 0 spiro atoms. The van der Waals surface area contributed by atoms with Gasteiger partial charge in [-0.25, -0.2) is 4.79 Å². The normalized spacial score (nSPS) is 13.2. The molecule has 0 fully saturated rings. The van der Waals surface area contributed by atoms with Crippen molar-refractivity contribution in [1.29, 1.82) is 0 Å². The van der Waals surface area contributed by atoms with Crippen LogP contribution in [0.2, 0.25) is 0 Å². The molecule has 0 aliphatic rings. The highest BCUT2D eigenvalue weighted by molar-refractivity contribution is 5.77. The number of aliphatic carboxylic acids is 1. The maximum absolute atomic E-state index is 12.6. The molecule has 2 N–H and O–H groups in total. The Balaban J connectivity index is 3.00. The smallest absolute Gasteiger partial charge is 0.480 e. The van der Waals surface area contributed by atoms with Crippen molar-refractivity contribution in [3.8, 4) is 11.5 Å². The number of benzene rings is 1. The fraction of sp³-hybridized carbons (Fsp3) is 0.655. The van der Waals surface area contributed by atoms with Gasteiger partial charge in [0.25, 0.3) is 0 Å². The van der Waals surface area contributed by atoms with Crippen molar-refractivity contribution in [3.63, 3.8) is 0 Å². The van der Waals surface area contributed by atoms with Gasteiger partial charge in [0.05, 0.1) is 19.4 Å².